The van der Waals surface area contributed by atoms with E-state index in [-0.39, 0.29) is 5.69 Å². The Morgan fingerprint density at radius 1 is 1.29 bits per heavy atom. The standard InChI is InChI=1S/C9H11N3O4S/c1-11(2)17(15,16)10-7-8-3-5-9(6-4-8)12(13)14/h3-7H,1-2H3/b10-7+. The molecule has 0 aliphatic carbocycles. The molecule has 1 aromatic rings. The van der Waals surface area contributed by atoms with Crippen molar-refractivity contribution in [2.24, 2.45) is 4.40 Å². The summed E-state index contributed by atoms with van der Waals surface area (Å²) in [5.41, 5.74) is 0.415. The maximum atomic E-state index is 11.3. The van der Waals surface area contributed by atoms with Crippen molar-refractivity contribution in [1.29, 1.82) is 0 Å². The molecule has 92 valence electrons. The average molecular weight is 257 g/mol. The second kappa shape index (κ2) is 5.02. The summed E-state index contributed by atoms with van der Waals surface area (Å²) in [6, 6.07) is 5.41. The summed E-state index contributed by atoms with van der Waals surface area (Å²) in [4.78, 5) is 9.86. The number of nitro benzene ring substituents is 1. The van der Waals surface area contributed by atoms with Crippen LogP contribution in [0.4, 0.5) is 5.69 Å². The molecule has 0 aromatic heterocycles. The van der Waals surface area contributed by atoms with Crippen LogP contribution in [0.3, 0.4) is 0 Å². The molecule has 0 saturated carbocycles. The van der Waals surface area contributed by atoms with E-state index in [2.05, 4.69) is 4.40 Å². The molecule has 0 unspecified atom stereocenters. The normalized spacial score (nSPS) is 12.2. The first-order chi connectivity index (χ1) is 7.83. The number of benzene rings is 1. The molecule has 0 saturated heterocycles. The van der Waals surface area contributed by atoms with Gasteiger partial charge in [0.2, 0.25) is 0 Å². The van der Waals surface area contributed by atoms with E-state index in [4.69, 9.17) is 0 Å². The molecule has 0 bridgehead atoms. The van der Waals surface area contributed by atoms with Crippen LogP contribution in [0.5, 0.6) is 0 Å². The molecule has 17 heavy (non-hydrogen) atoms. The topological polar surface area (TPSA) is 92.9 Å². The monoisotopic (exact) mass is 257 g/mol. The minimum Gasteiger partial charge on any atom is -0.258 e. The van der Waals surface area contributed by atoms with Gasteiger partial charge in [0.25, 0.3) is 5.69 Å². The van der Waals surface area contributed by atoms with Gasteiger partial charge in [-0.2, -0.15) is 17.1 Å². The van der Waals surface area contributed by atoms with Gasteiger partial charge in [-0.3, -0.25) is 10.1 Å². The van der Waals surface area contributed by atoms with E-state index in [0.29, 0.717) is 5.56 Å². The largest absolute Gasteiger partial charge is 0.321 e. The van der Waals surface area contributed by atoms with Crippen molar-refractivity contribution < 1.29 is 13.3 Å². The molecule has 0 atom stereocenters. The van der Waals surface area contributed by atoms with Crippen molar-refractivity contribution >= 4 is 22.1 Å². The zero-order chi connectivity index (χ0) is 13.1. The maximum absolute atomic E-state index is 11.3. The van der Waals surface area contributed by atoms with Gasteiger partial charge in [0, 0.05) is 32.4 Å². The fourth-order valence-corrected chi connectivity index (χ4v) is 1.35. The van der Waals surface area contributed by atoms with Gasteiger partial charge in [0.1, 0.15) is 0 Å². The molecule has 7 nitrogen and oxygen atoms in total. The summed E-state index contributed by atoms with van der Waals surface area (Å²) in [5, 5.41) is 10.4. The third-order valence-corrected chi connectivity index (χ3v) is 3.20. The minimum absolute atomic E-state index is 0.0578. The second-order valence-corrected chi connectivity index (χ2v) is 5.18. The van der Waals surface area contributed by atoms with Crippen LogP contribution in [0.2, 0.25) is 0 Å². The van der Waals surface area contributed by atoms with Gasteiger partial charge in [0.05, 0.1) is 4.92 Å². The third kappa shape index (κ3) is 3.61. The van der Waals surface area contributed by atoms with E-state index in [1.807, 2.05) is 0 Å². The SMILES string of the molecule is CN(C)S(=O)(=O)/N=C/c1ccc([N+](=O)[O-])cc1. The number of nitro groups is 1. The van der Waals surface area contributed by atoms with Crippen LogP contribution in [-0.2, 0) is 10.2 Å². The Morgan fingerprint density at radius 3 is 2.24 bits per heavy atom. The number of hydrogen-bond acceptors (Lipinski definition) is 4. The van der Waals surface area contributed by atoms with Crippen molar-refractivity contribution in [3.8, 4) is 0 Å². The summed E-state index contributed by atoms with van der Waals surface area (Å²) in [7, 11) is -0.927. The highest BCUT2D eigenvalue weighted by Gasteiger charge is 2.09. The summed E-state index contributed by atoms with van der Waals surface area (Å²) >= 11 is 0. The average Bonchev–Trinajstić information content (AvgIpc) is 2.27. The lowest BCUT2D eigenvalue weighted by molar-refractivity contribution is -0.384. The fourth-order valence-electron chi connectivity index (χ4n) is 0.904. The molecule has 0 aliphatic rings. The van der Waals surface area contributed by atoms with Crippen molar-refractivity contribution in [3.05, 3.63) is 39.9 Å². The molecule has 0 spiro atoms. The molecular formula is C9H11N3O4S. The number of non-ortho nitro benzene ring substituents is 1. The Labute approximate surface area is 98.7 Å². The molecule has 8 heteroatoms. The number of rotatable bonds is 4. The lowest BCUT2D eigenvalue weighted by Crippen LogP contribution is -2.19. The van der Waals surface area contributed by atoms with E-state index in [0.717, 1.165) is 10.5 Å². The molecule has 1 aromatic carbocycles. The molecule has 0 heterocycles. The molecule has 0 radical (unpaired) electrons. The fraction of sp³-hybridized carbons (Fsp3) is 0.222. The Morgan fingerprint density at radius 2 is 1.82 bits per heavy atom. The van der Waals surface area contributed by atoms with Crippen molar-refractivity contribution in [2.75, 3.05) is 14.1 Å². The smallest absolute Gasteiger partial charge is 0.258 e. The molecule has 0 amide bonds. The van der Waals surface area contributed by atoms with Gasteiger partial charge in [-0.05, 0) is 17.7 Å². The van der Waals surface area contributed by atoms with Gasteiger partial charge in [-0.15, -0.1) is 0 Å². The molecule has 1 rings (SSSR count). The Balaban J connectivity index is 2.90. The van der Waals surface area contributed by atoms with Gasteiger partial charge < -0.3 is 0 Å². The van der Waals surface area contributed by atoms with Gasteiger partial charge in [-0.1, -0.05) is 0 Å². The number of nitrogens with zero attached hydrogens (tertiary/aromatic N) is 3. The van der Waals surface area contributed by atoms with E-state index >= 15 is 0 Å². The minimum atomic E-state index is -3.65. The summed E-state index contributed by atoms with van der Waals surface area (Å²) in [6.07, 6.45) is 1.14. The number of hydrogen-bond donors (Lipinski definition) is 0. The van der Waals surface area contributed by atoms with E-state index in [1.54, 1.807) is 0 Å². The van der Waals surface area contributed by atoms with Crippen LogP contribution in [0.25, 0.3) is 0 Å². The van der Waals surface area contributed by atoms with Crippen LogP contribution >= 0.6 is 0 Å². The van der Waals surface area contributed by atoms with Crippen molar-refractivity contribution in [2.45, 2.75) is 0 Å². The Hall–Kier alpha value is -1.80. The molecule has 0 aliphatic heterocycles. The van der Waals surface area contributed by atoms with Crippen LogP contribution in [0.15, 0.2) is 28.7 Å². The van der Waals surface area contributed by atoms with Crippen molar-refractivity contribution in [1.82, 2.24) is 4.31 Å². The highest BCUT2D eigenvalue weighted by atomic mass is 32.2. The van der Waals surface area contributed by atoms with E-state index in [1.165, 1.54) is 38.4 Å². The third-order valence-electron chi connectivity index (χ3n) is 1.90. The van der Waals surface area contributed by atoms with Gasteiger partial charge in [-0.25, -0.2) is 0 Å². The maximum Gasteiger partial charge on any atom is 0.321 e. The Bertz CT molecular complexity index is 534. The first-order valence-corrected chi connectivity index (χ1v) is 5.95. The Kier molecular flexibility index (Phi) is 3.92. The lowest BCUT2D eigenvalue weighted by Gasteiger charge is -2.04. The first-order valence-electron chi connectivity index (χ1n) is 4.55. The second-order valence-electron chi connectivity index (χ2n) is 3.34. The first kappa shape index (κ1) is 13.3. The van der Waals surface area contributed by atoms with Crippen LogP contribution in [0, 0.1) is 10.1 Å². The molecule has 0 fully saturated rings. The van der Waals surface area contributed by atoms with Crippen LogP contribution in [0.1, 0.15) is 5.56 Å². The molecular weight excluding hydrogens is 246 g/mol. The lowest BCUT2D eigenvalue weighted by atomic mass is 10.2. The predicted molar refractivity (Wildman–Crippen MR) is 63.3 cm³/mol. The summed E-state index contributed by atoms with van der Waals surface area (Å²) < 4.78 is 27.0. The summed E-state index contributed by atoms with van der Waals surface area (Å²) in [5.74, 6) is 0. The van der Waals surface area contributed by atoms with Crippen molar-refractivity contribution in [3.63, 3.8) is 0 Å². The van der Waals surface area contributed by atoms with Crippen LogP contribution < -0.4 is 0 Å². The van der Waals surface area contributed by atoms with Gasteiger partial charge in [0.15, 0.2) is 0 Å². The highest BCUT2D eigenvalue weighted by Crippen LogP contribution is 2.10. The molecule has 0 N–H and O–H groups in total. The predicted octanol–water partition coefficient (Wildman–Crippen LogP) is 0.820. The van der Waals surface area contributed by atoms with Crippen LogP contribution in [-0.4, -0.2) is 38.0 Å². The zero-order valence-corrected chi connectivity index (χ0v) is 10.1. The summed E-state index contributed by atoms with van der Waals surface area (Å²) in [6.45, 7) is 0. The van der Waals surface area contributed by atoms with Gasteiger partial charge >= 0.3 is 10.2 Å². The van der Waals surface area contributed by atoms with E-state index in [9.17, 15) is 18.5 Å². The highest BCUT2D eigenvalue weighted by molar-refractivity contribution is 7.87. The quantitative estimate of drug-likeness (QED) is 0.453. The zero-order valence-electron chi connectivity index (χ0n) is 9.27. The van der Waals surface area contributed by atoms with E-state index < -0.39 is 15.1 Å².